The van der Waals surface area contributed by atoms with E-state index in [9.17, 15) is 10.1 Å². The monoisotopic (exact) mass is 378 g/mol. The molecule has 2 fully saturated rings. The van der Waals surface area contributed by atoms with Crippen molar-refractivity contribution in [3.8, 4) is 6.07 Å². The fraction of sp³-hybridized carbons (Fsp3) is 0.765. The lowest BCUT2D eigenvalue weighted by Gasteiger charge is -2.39. The highest BCUT2D eigenvalue weighted by atomic mass is 32.2. The smallest absolute Gasteiger partial charge is 0.234 e. The molecule has 1 aromatic heterocycles. The molecular formula is C17H26N6O2S. The fourth-order valence-electron chi connectivity index (χ4n) is 3.59. The van der Waals surface area contributed by atoms with Gasteiger partial charge in [0.05, 0.1) is 25.0 Å². The van der Waals surface area contributed by atoms with E-state index in [2.05, 4.69) is 21.2 Å². The van der Waals surface area contributed by atoms with Crippen LogP contribution in [0.3, 0.4) is 0 Å². The first kappa shape index (κ1) is 19.0. The number of ether oxygens (including phenoxy) is 1. The SMILES string of the molecule is CN(C(=O)CSc1nnc(N2CCOCC2)n1C)C1(C#N)CCCCC1. The Morgan fingerprint density at radius 2 is 2.00 bits per heavy atom. The second kappa shape index (κ2) is 8.27. The Hall–Kier alpha value is -1.79. The molecule has 1 saturated carbocycles. The summed E-state index contributed by atoms with van der Waals surface area (Å²) in [5.74, 6) is 1.03. The number of aromatic nitrogens is 3. The van der Waals surface area contributed by atoms with Crippen LogP contribution in [-0.2, 0) is 16.6 Å². The number of carbonyl (C=O) groups excluding carboxylic acids is 1. The molecule has 1 aliphatic heterocycles. The third kappa shape index (κ3) is 3.81. The van der Waals surface area contributed by atoms with Crippen LogP contribution < -0.4 is 4.90 Å². The van der Waals surface area contributed by atoms with Crippen molar-refractivity contribution < 1.29 is 9.53 Å². The number of amides is 1. The summed E-state index contributed by atoms with van der Waals surface area (Å²) in [6, 6.07) is 2.40. The van der Waals surface area contributed by atoms with E-state index in [-0.39, 0.29) is 11.7 Å². The number of hydrogen-bond acceptors (Lipinski definition) is 7. The average molecular weight is 379 g/mol. The predicted molar refractivity (Wildman–Crippen MR) is 99.0 cm³/mol. The molecule has 0 radical (unpaired) electrons. The summed E-state index contributed by atoms with van der Waals surface area (Å²) in [5.41, 5.74) is -0.644. The number of hydrogen-bond donors (Lipinski definition) is 0. The van der Waals surface area contributed by atoms with Crippen molar-refractivity contribution in [3.05, 3.63) is 0 Å². The van der Waals surface area contributed by atoms with Crippen LogP contribution in [0.1, 0.15) is 32.1 Å². The molecule has 0 aromatic carbocycles. The van der Waals surface area contributed by atoms with Gasteiger partial charge in [0.25, 0.3) is 0 Å². The maximum Gasteiger partial charge on any atom is 0.234 e. The van der Waals surface area contributed by atoms with Gasteiger partial charge < -0.3 is 14.5 Å². The van der Waals surface area contributed by atoms with Crippen molar-refractivity contribution in [2.75, 3.05) is 44.0 Å². The third-order valence-corrected chi connectivity index (χ3v) is 6.34. The molecule has 0 bridgehead atoms. The predicted octanol–water partition coefficient (Wildman–Crippen LogP) is 1.43. The van der Waals surface area contributed by atoms with Gasteiger partial charge in [-0.3, -0.25) is 9.36 Å². The van der Waals surface area contributed by atoms with Crippen molar-refractivity contribution in [2.24, 2.45) is 7.05 Å². The van der Waals surface area contributed by atoms with Crippen molar-refractivity contribution in [3.63, 3.8) is 0 Å². The molecule has 1 amide bonds. The molecular weight excluding hydrogens is 352 g/mol. The number of thioether (sulfide) groups is 1. The normalized spacial score (nSPS) is 19.8. The fourth-order valence-corrected chi connectivity index (χ4v) is 4.41. The molecule has 2 heterocycles. The molecule has 0 unspecified atom stereocenters. The summed E-state index contributed by atoms with van der Waals surface area (Å²) in [7, 11) is 3.67. The minimum absolute atomic E-state index is 0.0330. The Balaban J connectivity index is 1.61. The molecule has 0 atom stereocenters. The zero-order chi connectivity index (χ0) is 18.6. The van der Waals surface area contributed by atoms with Crippen LogP contribution in [0.2, 0.25) is 0 Å². The van der Waals surface area contributed by atoms with E-state index < -0.39 is 5.54 Å². The Labute approximate surface area is 158 Å². The van der Waals surface area contributed by atoms with Gasteiger partial charge in [0.1, 0.15) is 5.54 Å². The zero-order valence-corrected chi connectivity index (χ0v) is 16.3. The van der Waals surface area contributed by atoms with Crippen LogP contribution in [0.5, 0.6) is 0 Å². The van der Waals surface area contributed by atoms with Crippen LogP contribution in [0.4, 0.5) is 5.95 Å². The molecule has 3 rings (SSSR count). The largest absolute Gasteiger partial charge is 0.378 e. The second-order valence-electron chi connectivity index (χ2n) is 6.89. The first-order valence-electron chi connectivity index (χ1n) is 9.10. The van der Waals surface area contributed by atoms with Crippen molar-refractivity contribution >= 4 is 23.6 Å². The molecule has 0 spiro atoms. The summed E-state index contributed by atoms with van der Waals surface area (Å²) >= 11 is 1.37. The Bertz CT molecular complexity index is 673. The Morgan fingerprint density at radius 1 is 1.31 bits per heavy atom. The van der Waals surface area contributed by atoms with E-state index in [0.717, 1.165) is 51.1 Å². The van der Waals surface area contributed by atoms with Crippen LogP contribution in [0.25, 0.3) is 0 Å². The summed E-state index contributed by atoms with van der Waals surface area (Å²) in [4.78, 5) is 16.5. The first-order chi connectivity index (χ1) is 12.6. The molecule has 26 heavy (non-hydrogen) atoms. The van der Waals surface area contributed by atoms with Gasteiger partial charge in [-0.2, -0.15) is 5.26 Å². The minimum atomic E-state index is -0.644. The number of nitriles is 1. The molecule has 2 aliphatic rings. The van der Waals surface area contributed by atoms with Crippen molar-refractivity contribution in [1.29, 1.82) is 5.26 Å². The van der Waals surface area contributed by atoms with E-state index >= 15 is 0 Å². The Kier molecular flexibility index (Phi) is 6.04. The zero-order valence-electron chi connectivity index (χ0n) is 15.5. The topological polar surface area (TPSA) is 87.3 Å². The summed E-state index contributed by atoms with van der Waals surface area (Å²) < 4.78 is 7.29. The number of morpholine rings is 1. The number of anilines is 1. The van der Waals surface area contributed by atoms with Gasteiger partial charge in [0.2, 0.25) is 11.9 Å². The van der Waals surface area contributed by atoms with Crippen molar-refractivity contribution in [1.82, 2.24) is 19.7 Å². The highest BCUT2D eigenvalue weighted by Gasteiger charge is 2.38. The molecule has 8 nitrogen and oxygen atoms in total. The number of nitrogens with zero attached hydrogens (tertiary/aromatic N) is 6. The lowest BCUT2D eigenvalue weighted by Crippen LogP contribution is -2.50. The molecule has 142 valence electrons. The van der Waals surface area contributed by atoms with Gasteiger partial charge in [-0.05, 0) is 12.8 Å². The van der Waals surface area contributed by atoms with E-state index in [0.29, 0.717) is 18.4 Å². The maximum absolute atomic E-state index is 12.7. The van der Waals surface area contributed by atoms with E-state index in [4.69, 9.17) is 4.74 Å². The molecule has 1 aliphatic carbocycles. The van der Waals surface area contributed by atoms with E-state index in [1.165, 1.54) is 11.8 Å². The maximum atomic E-state index is 12.7. The first-order valence-corrected chi connectivity index (χ1v) is 10.1. The van der Waals surface area contributed by atoms with Gasteiger partial charge >= 0.3 is 0 Å². The van der Waals surface area contributed by atoms with Gasteiger partial charge in [-0.1, -0.05) is 31.0 Å². The summed E-state index contributed by atoms with van der Waals surface area (Å²) in [5, 5.41) is 18.9. The Morgan fingerprint density at radius 3 is 2.65 bits per heavy atom. The highest BCUT2D eigenvalue weighted by molar-refractivity contribution is 7.99. The van der Waals surface area contributed by atoms with Gasteiger partial charge in [0.15, 0.2) is 5.16 Å². The van der Waals surface area contributed by atoms with Gasteiger partial charge in [-0.25, -0.2) is 0 Å². The average Bonchev–Trinajstić information content (AvgIpc) is 3.07. The number of carbonyl (C=O) groups is 1. The van der Waals surface area contributed by atoms with Crippen LogP contribution >= 0.6 is 11.8 Å². The third-order valence-electron chi connectivity index (χ3n) is 5.34. The quantitative estimate of drug-likeness (QED) is 0.716. The highest BCUT2D eigenvalue weighted by Crippen LogP contribution is 2.33. The molecule has 1 saturated heterocycles. The standard InChI is InChI=1S/C17H26N6O2S/c1-21-15(23-8-10-25-11-9-23)19-20-16(21)26-12-14(24)22(2)17(13-18)6-4-3-5-7-17/h3-12H2,1-2H3. The van der Waals surface area contributed by atoms with Crippen LogP contribution in [0, 0.1) is 11.3 Å². The molecule has 1 aromatic rings. The summed E-state index contributed by atoms with van der Waals surface area (Å²) in [6.45, 7) is 2.97. The van der Waals surface area contributed by atoms with E-state index in [1.54, 1.807) is 11.9 Å². The second-order valence-corrected chi connectivity index (χ2v) is 7.83. The van der Waals surface area contributed by atoms with Crippen LogP contribution in [0.15, 0.2) is 5.16 Å². The minimum Gasteiger partial charge on any atom is -0.378 e. The number of rotatable bonds is 5. The molecule has 0 N–H and O–H groups in total. The molecule has 9 heteroatoms. The summed E-state index contributed by atoms with van der Waals surface area (Å²) in [6.07, 6.45) is 4.68. The van der Waals surface area contributed by atoms with Gasteiger partial charge in [-0.15, -0.1) is 10.2 Å². The lowest BCUT2D eigenvalue weighted by molar-refractivity contribution is -0.131. The van der Waals surface area contributed by atoms with Crippen molar-refractivity contribution in [2.45, 2.75) is 42.8 Å². The van der Waals surface area contributed by atoms with Gasteiger partial charge in [0, 0.05) is 27.2 Å². The lowest BCUT2D eigenvalue weighted by atomic mass is 9.81. The van der Waals surface area contributed by atoms with Crippen LogP contribution in [-0.4, -0.2) is 70.2 Å². The van der Waals surface area contributed by atoms with E-state index in [1.807, 2.05) is 11.6 Å².